The summed E-state index contributed by atoms with van der Waals surface area (Å²) < 4.78 is 53.8. The van der Waals surface area contributed by atoms with Crippen LogP contribution in [0.4, 0.5) is 13.2 Å². The first kappa shape index (κ1) is 24.1. The summed E-state index contributed by atoms with van der Waals surface area (Å²) in [6, 6.07) is 3.41. The van der Waals surface area contributed by atoms with E-state index in [0.29, 0.717) is 0 Å². The summed E-state index contributed by atoms with van der Waals surface area (Å²) in [5.74, 6) is -3.57. The van der Waals surface area contributed by atoms with Crippen LogP contribution in [-0.4, -0.2) is 55.0 Å². The van der Waals surface area contributed by atoms with E-state index < -0.39 is 50.8 Å². The molecule has 0 rings (SSSR count). The number of hydrogen-bond acceptors (Lipinski definition) is 8. The number of nitriles is 2. The van der Waals surface area contributed by atoms with Gasteiger partial charge in [0, 0.05) is 0 Å². The van der Waals surface area contributed by atoms with Crippen LogP contribution in [0.25, 0.3) is 0 Å². The Bertz CT molecular complexity index is 571. The number of alkyl halides is 3. The van der Waals surface area contributed by atoms with Gasteiger partial charge in [0.25, 0.3) is 0 Å². The highest BCUT2D eigenvalue weighted by molar-refractivity contribution is 7.96. The van der Waals surface area contributed by atoms with Gasteiger partial charge in [0.2, 0.25) is 0 Å². The SMILES string of the molecule is CCOC(=O)CN(C(=O)C(F)(F)F)C(OCCC#N)(OCCC#N)P=S. The van der Waals surface area contributed by atoms with Gasteiger partial charge in [-0.3, -0.25) is 14.5 Å². The molecule has 1 amide bonds. The number of carbonyl (C=O) groups excluding carboxylic acids is 2. The molecule has 0 fully saturated rings. The minimum atomic E-state index is -5.35. The van der Waals surface area contributed by atoms with Crippen molar-refractivity contribution in [3.05, 3.63) is 0 Å². The Labute approximate surface area is 154 Å². The number of rotatable bonds is 11. The molecule has 0 aromatic carbocycles. The quantitative estimate of drug-likeness (QED) is 0.218. The average molecular weight is 413 g/mol. The summed E-state index contributed by atoms with van der Waals surface area (Å²) >= 11 is 4.76. The second-order valence-corrected chi connectivity index (χ2v) is 5.64. The molecule has 0 spiro atoms. The van der Waals surface area contributed by atoms with Gasteiger partial charge in [-0.2, -0.15) is 23.7 Å². The van der Waals surface area contributed by atoms with E-state index in [9.17, 15) is 22.8 Å². The Morgan fingerprint density at radius 3 is 2.00 bits per heavy atom. The fraction of sp³-hybridized carbons (Fsp3) is 0.692. The normalized spacial score (nSPS) is 11.5. The molecule has 0 aromatic heterocycles. The summed E-state index contributed by atoms with van der Waals surface area (Å²) in [5.41, 5.74) is -2.48. The Balaban J connectivity index is 5.88. The largest absolute Gasteiger partial charge is 0.471 e. The van der Waals surface area contributed by atoms with Gasteiger partial charge in [0.15, 0.2) is 0 Å². The summed E-state index contributed by atoms with van der Waals surface area (Å²) in [7, 11) is -0.419. The predicted octanol–water partition coefficient (Wildman–Crippen LogP) is 1.82. The zero-order valence-corrected chi connectivity index (χ0v) is 15.3. The van der Waals surface area contributed by atoms with Crippen molar-refractivity contribution < 1.29 is 37.0 Å². The summed E-state index contributed by atoms with van der Waals surface area (Å²) in [4.78, 5) is 23.5. The van der Waals surface area contributed by atoms with Crippen molar-refractivity contribution in [1.29, 1.82) is 10.5 Å². The average Bonchev–Trinajstić information content (AvgIpc) is 2.57. The van der Waals surface area contributed by atoms with Crippen molar-refractivity contribution in [2.45, 2.75) is 31.6 Å². The molecule has 0 aliphatic carbocycles. The number of nitrogens with zero attached hydrogens (tertiary/aromatic N) is 3. The Hall–Kier alpha value is -1.85. The van der Waals surface area contributed by atoms with Gasteiger partial charge in [-0.1, -0.05) is 0 Å². The first-order valence-corrected chi connectivity index (χ1v) is 9.00. The van der Waals surface area contributed by atoms with E-state index in [-0.39, 0.29) is 24.3 Å². The van der Waals surface area contributed by atoms with Crippen LogP contribution >= 0.6 is 7.36 Å². The molecule has 13 heteroatoms. The first-order chi connectivity index (χ1) is 12.2. The van der Waals surface area contributed by atoms with Gasteiger partial charge < -0.3 is 14.2 Å². The molecule has 144 valence electrons. The highest BCUT2D eigenvalue weighted by Crippen LogP contribution is 2.35. The minimum absolute atomic E-state index is 0.0334. The molecular formula is C13H15F3N3O5PS. The van der Waals surface area contributed by atoms with Crippen LogP contribution in [-0.2, 0) is 35.6 Å². The van der Waals surface area contributed by atoms with Gasteiger partial charge in [-0.25, -0.2) is 0 Å². The number of carbonyl (C=O) groups is 2. The topological polar surface area (TPSA) is 113 Å². The lowest BCUT2D eigenvalue weighted by atomic mass is 10.4. The number of hydrogen-bond donors (Lipinski definition) is 0. The molecule has 0 saturated heterocycles. The first-order valence-electron chi connectivity index (χ1n) is 7.09. The second-order valence-electron chi connectivity index (χ2n) is 4.35. The van der Waals surface area contributed by atoms with Crippen molar-refractivity contribution in [2.75, 3.05) is 26.4 Å². The van der Waals surface area contributed by atoms with Crippen LogP contribution in [0.15, 0.2) is 0 Å². The van der Waals surface area contributed by atoms with Crippen molar-refractivity contribution in [3.63, 3.8) is 0 Å². The Morgan fingerprint density at radius 2 is 1.65 bits per heavy atom. The third-order valence-electron chi connectivity index (χ3n) is 2.54. The lowest BCUT2D eigenvalue weighted by Gasteiger charge is -2.38. The van der Waals surface area contributed by atoms with Crippen molar-refractivity contribution >= 4 is 31.0 Å². The molecular weight excluding hydrogens is 398 g/mol. The van der Waals surface area contributed by atoms with Crippen LogP contribution in [0, 0.1) is 22.7 Å². The smallest absolute Gasteiger partial charge is 0.465 e. The third-order valence-corrected chi connectivity index (χ3v) is 3.97. The second kappa shape index (κ2) is 11.7. The molecule has 0 aliphatic rings. The summed E-state index contributed by atoms with van der Waals surface area (Å²) in [6.45, 7) is -0.682. The van der Waals surface area contributed by atoms with Crippen molar-refractivity contribution in [1.82, 2.24) is 4.90 Å². The third kappa shape index (κ3) is 7.58. The van der Waals surface area contributed by atoms with E-state index in [1.54, 1.807) is 12.1 Å². The maximum atomic E-state index is 13.0. The van der Waals surface area contributed by atoms with Crippen LogP contribution in [0.1, 0.15) is 19.8 Å². The molecule has 8 nitrogen and oxygen atoms in total. The number of halogens is 3. The van der Waals surface area contributed by atoms with E-state index in [1.807, 2.05) is 0 Å². The molecule has 0 radical (unpaired) electrons. The fourth-order valence-electron chi connectivity index (χ4n) is 1.55. The molecule has 0 heterocycles. The number of amides is 1. The minimum Gasteiger partial charge on any atom is -0.465 e. The van der Waals surface area contributed by atoms with E-state index >= 15 is 0 Å². The van der Waals surface area contributed by atoms with Gasteiger partial charge in [-0.05, 0) is 18.7 Å². The highest BCUT2D eigenvalue weighted by Gasteiger charge is 2.52. The van der Waals surface area contributed by atoms with Crippen LogP contribution in [0.3, 0.4) is 0 Å². The van der Waals surface area contributed by atoms with E-state index in [4.69, 9.17) is 31.8 Å². The standard InChI is InChI=1S/C13H15F3N3O5PS/c1-2-22-10(20)9-19(11(21)12(14,15)16)13(25-26,23-7-3-5-17)24-8-4-6-18/h2-4,7-9H2,1H3. The van der Waals surface area contributed by atoms with Crippen LogP contribution in [0.5, 0.6) is 0 Å². The molecule has 0 aliphatic heterocycles. The highest BCUT2D eigenvalue weighted by atomic mass is 32.4. The predicted molar refractivity (Wildman–Crippen MR) is 83.8 cm³/mol. The molecule has 0 unspecified atom stereocenters. The fourth-order valence-corrected chi connectivity index (χ4v) is 2.71. The maximum Gasteiger partial charge on any atom is 0.471 e. The Morgan fingerprint density at radius 1 is 1.15 bits per heavy atom. The molecule has 0 aromatic rings. The maximum absolute atomic E-state index is 13.0. The van der Waals surface area contributed by atoms with Crippen molar-refractivity contribution in [2.24, 2.45) is 0 Å². The van der Waals surface area contributed by atoms with E-state index in [1.165, 1.54) is 6.92 Å². The number of esters is 1. The molecule has 0 saturated carbocycles. The van der Waals surface area contributed by atoms with Gasteiger partial charge >= 0.3 is 23.7 Å². The summed E-state index contributed by atoms with van der Waals surface area (Å²) in [6.07, 6.45) is -5.82. The van der Waals surface area contributed by atoms with Gasteiger partial charge in [0.1, 0.15) is 6.54 Å². The molecule has 0 bridgehead atoms. The number of ether oxygens (including phenoxy) is 3. The lowest BCUT2D eigenvalue weighted by molar-refractivity contribution is -0.265. The summed E-state index contributed by atoms with van der Waals surface area (Å²) in [5, 5.41) is 17.1. The van der Waals surface area contributed by atoms with Crippen molar-refractivity contribution in [3.8, 4) is 12.1 Å². The van der Waals surface area contributed by atoms with Crippen LogP contribution in [0.2, 0.25) is 0 Å². The lowest BCUT2D eigenvalue weighted by Crippen LogP contribution is -2.57. The van der Waals surface area contributed by atoms with E-state index in [0.717, 1.165) is 0 Å². The molecule has 0 atom stereocenters. The molecule has 0 N–H and O–H groups in total. The zero-order valence-electron chi connectivity index (χ0n) is 13.6. The van der Waals surface area contributed by atoms with Crippen LogP contribution < -0.4 is 0 Å². The van der Waals surface area contributed by atoms with E-state index in [2.05, 4.69) is 4.74 Å². The monoisotopic (exact) mass is 413 g/mol. The van der Waals surface area contributed by atoms with Gasteiger partial charge in [0.05, 0.1) is 52.2 Å². The molecule has 26 heavy (non-hydrogen) atoms. The van der Waals surface area contributed by atoms with Gasteiger partial charge in [-0.15, -0.1) is 0 Å². The zero-order chi connectivity index (χ0) is 20.2. The Kier molecular flexibility index (Phi) is 10.9.